The maximum absolute atomic E-state index is 13.3. The van der Waals surface area contributed by atoms with Gasteiger partial charge in [-0.2, -0.15) is 30.0 Å². The van der Waals surface area contributed by atoms with Crippen molar-refractivity contribution in [2.75, 3.05) is 18.1 Å². The van der Waals surface area contributed by atoms with Crippen molar-refractivity contribution < 1.29 is 13.2 Å². The van der Waals surface area contributed by atoms with Gasteiger partial charge in [-0.3, -0.25) is 4.90 Å². The van der Waals surface area contributed by atoms with E-state index in [0.717, 1.165) is 47.9 Å². The number of likely N-dealkylation sites (tertiary alicyclic amines) is 1. The Balaban J connectivity index is 1.74. The topological polar surface area (TPSA) is 33.4 Å². The first-order chi connectivity index (χ1) is 11.4. The van der Waals surface area contributed by atoms with Crippen LogP contribution in [0.2, 0.25) is 0 Å². The summed E-state index contributed by atoms with van der Waals surface area (Å²) in [6.07, 6.45) is -1.27. The summed E-state index contributed by atoms with van der Waals surface area (Å²) in [5, 5.41) is 4.31. The second kappa shape index (κ2) is 5.91. The van der Waals surface area contributed by atoms with E-state index in [9.17, 15) is 13.2 Å². The number of aromatic nitrogens is 3. The fraction of sp³-hybridized carbons (Fsp3) is 0.625. The summed E-state index contributed by atoms with van der Waals surface area (Å²) in [4.78, 5) is 6.67. The predicted molar refractivity (Wildman–Crippen MR) is 87.1 cm³/mol. The summed E-state index contributed by atoms with van der Waals surface area (Å²) >= 11 is 1.95. The van der Waals surface area contributed by atoms with E-state index in [1.807, 2.05) is 11.8 Å². The number of hydrogen-bond donors (Lipinski definition) is 0. The molecule has 2 fully saturated rings. The Morgan fingerprint density at radius 2 is 2.08 bits per heavy atom. The lowest BCUT2D eigenvalue weighted by atomic mass is 10.1. The van der Waals surface area contributed by atoms with Crippen molar-refractivity contribution >= 4 is 17.4 Å². The van der Waals surface area contributed by atoms with Crippen LogP contribution >= 0.6 is 11.8 Å². The molecule has 0 aliphatic carbocycles. The van der Waals surface area contributed by atoms with Crippen molar-refractivity contribution in [3.8, 4) is 0 Å². The Labute approximate surface area is 142 Å². The van der Waals surface area contributed by atoms with Crippen molar-refractivity contribution in [2.24, 2.45) is 0 Å². The Bertz CT molecular complexity index is 752. The van der Waals surface area contributed by atoms with E-state index in [-0.39, 0.29) is 11.7 Å². The molecule has 8 heteroatoms. The largest absolute Gasteiger partial charge is 0.433 e. The van der Waals surface area contributed by atoms with Crippen LogP contribution in [-0.4, -0.2) is 43.6 Å². The van der Waals surface area contributed by atoms with Crippen molar-refractivity contribution in [2.45, 2.75) is 44.4 Å². The van der Waals surface area contributed by atoms with Crippen molar-refractivity contribution in [1.82, 2.24) is 19.5 Å². The highest BCUT2D eigenvalue weighted by atomic mass is 32.2. The maximum atomic E-state index is 13.3. The van der Waals surface area contributed by atoms with Crippen LogP contribution in [0.15, 0.2) is 12.1 Å². The fourth-order valence-electron chi connectivity index (χ4n) is 3.81. The molecular weight excluding hydrogens is 337 g/mol. The van der Waals surface area contributed by atoms with Gasteiger partial charge in [-0.25, -0.2) is 9.50 Å². The molecular formula is C16H19F3N4S. The zero-order valence-corrected chi connectivity index (χ0v) is 14.2. The summed E-state index contributed by atoms with van der Waals surface area (Å²) in [6.45, 7) is 2.59. The number of aryl methyl sites for hydroxylation is 1. The number of fused-ring (bicyclic) bond motifs is 1. The molecule has 0 amide bonds. The van der Waals surface area contributed by atoms with Crippen LogP contribution < -0.4 is 0 Å². The van der Waals surface area contributed by atoms with Crippen LogP contribution in [-0.2, 0) is 6.18 Å². The van der Waals surface area contributed by atoms with Gasteiger partial charge >= 0.3 is 6.18 Å². The molecule has 0 saturated carbocycles. The molecule has 4 rings (SSSR count). The highest BCUT2D eigenvalue weighted by molar-refractivity contribution is 7.99. The number of rotatable bonds is 2. The van der Waals surface area contributed by atoms with Gasteiger partial charge in [-0.15, -0.1) is 0 Å². The third-order valence-corrected chi connectivity index (χ3v) is 6.02. The average molecular weight is 356 g/mol. The molecule has 0 bridgehead atoms. The first kappa shape index (κ1) is 16.2. The molecule has 4 nitrogen and oxygen atoms in total. The molecule has 0 unspecified atom stereocenters. The van der Waals surface area contributed by atoms with Crippen molar-refractivity contribution in [3.63, 3.8) is 0 Å². The summed E-state index contributed by atoms with van der Waals surface area (Å²) in [5.74, 6) is 2.27. The van der Waals surface area contributed by atoms with Crippen LogP contribution in [0.5, 0.6) is 0 Å². The van der Waals surface area contributed by atoms with Crippen LogP contribution in [0.3, 0.4) is 0 Å². The van der Waals surface area contributed by atoms with Gasteiger partial charge in [-0.05, 0) is 44.6 Å². The molecule has 0 aromatic carbocycles. The first-order valence-electron chi connectivity index (χ1n) is 8.21. The van der Waals surface area contributed by atoms with Gasteiger partial charge < -0.3 is 0 Å². The summed E-state index contributed by atoms with van der Waals surface area (Å²) < 4.78 is 40.9. The van der Waals surface area contributed by atoms with E-state index in [2.05, 4.69) is 15.0 Å². The molecule has 130 valence electrons. The van der Waals surface area contributed by atoms with Gasteiger partial charge in [0.2, 0.25) is 0 Å². The lowest BCUT2D eigenvalue weighted by Crippen LogP contribution is -2.34. The van der Waals surface area contributed by atoms with Crippen LogP contribution in [0.1, 0.15) is 42.4 Å². The minimum absolute atomic E-state index is 0.108. The quantitative estimate of drug-likeness (QED) is 0.822. The third kappa shape index (κ3) is 2.79. The van der Waals surface area contributed by atoms with E-state index in [1.165, 1.54) is 0 Å². The van der Waals surface area contributed by atoms with Gasteiger partial charge in [0.05, 0.1) is 11.7 Å². The molecule has 0 radical (unpaired) electrons. The zero-order chi connectivity index (χ0) is 16.9. The molecule has 2 aliphatic heterocycles. The second-order valence-electron chi connectivity index (χ2n) is 6.53. The molecule has 2 atom stereocenters. The minimum Gasteiger partial charge on any atom is -0.291 e. The fourth-order valence-corrected chi connectivity index (χ4v) is 5.05. The van der Waals surface area contributed by atoms with Gasteiger partial charge in [0.25, 0.3) is 0 Å². The standard InChI is InChI=1S/C16H19F3N4S/c1-10-7-14(16(17,18)19)23-15(20-10)8-12(21-23)13-3-2-5-22(13)11-4-6-24-9-11/h7-8,11,13H,2-6,9H2,1H3/t11-,13-/m0/s1. The Morgan fingerprint density at radius 3 is 2.79 bits per heavy atom. The molecule has 2 saturated heterocycles. The Kier molecular flexibility index (Phi) is 3.99. The molecule has 0 N–H and O–H groups in total. The number of alkyl halides is 3. The maximum Gasteiger partial charge on any atom is 0.433 e. The molecule has 2 aromatic heterocycles. The lowest BCUT2D eigenvalue weighted by molar-refractivity contribution is -0.142. The van der Waals surface area contributed by atoms with E-state index >= 15 is 0 Å². The lowest BCUT2D eigenvalue weighted by Gasteiger charge is -2.28. The smallest absolute Gasteiger partial charge is 0.291 e. The normalized spacial score (nSPS) is 25.8. The molecule has 24 heavy (non-hydrogen) atoms. The van der Waals surface area contributed by atoms with E-state index in [0.29, 0.717) is 17.4 Å². The molecule has 2 aliphatic rings. The average Bonchev–Trinajstić information content (AvgIpc) is 3.23. The monoisotopic (exact) mass is 356 g/mol. The van der Waals surface area contributed by atoms with Crippen LogP contribution in [0.25, 0.3) is 5.65 Å². The van der Waals surface area contributed by atoms with Gasteiger partial charge in [0.1, 0.15) is 5.69 Å². The van der Waals surface area contributed by atoms with E-state index in [4.69, 9.17) is 0 Å². The Morgan fingerprint density at radius 1 is 1.25 bits per heavy atom. The van der Waals surface area contributed by atoms with Gasteiger partial charge in [-0.1, -0.05) is 0 Å². The number of nitrogens with zero attached hydrogens (tertiary/aromatic N) is 4. The SMILES string of the molecule is Cc1cc(C(F)(F)F)n2nc([C@@H]3CCCN3[C@H]3CCSC3)cc2n1. The number of thioether (sulfide) groups is 1. The zero-order valence-electron chi connectivity index (χ0n) is 13.4. The summed E-state index contributed by atoms with van der Waals surface area (Å²) in [6, 6.07) is 3.41. The Hall–Kier alpha value is -1.28. The molecule has 0 spiro atoms. The van der Waals surface area contributed by atoms with Crippen molar-refractivity contribution in [1.29, 1.82) is 0 Å². The van der Waals surface area contributed by atoms with Crippen LogP contribution in [0, 0.1) is 6.92 Å². The van der Waals surface area contributed by atoms with Crippen molar-refractivity contribution in [3.05, 3.63) is 29.2 Å². The van der Waals surface area contributed by atoms with Gasteiger partial charge in [0.15, 0.2) is 5.65 Å². The molecule has 2 aromatic rings. The number of hydrogen-bond acceptors (Lipinski definition) is 4. The minimum atomic E-state index is -4.44. The van der Waals surface area contributed by atoms with E-state index in [1.54, 1.807) is 13.0 Å². The van der Waals surface area contributed by atoms with E-state index < -0.39 is 11.9 Å². The van der Waals surface area contributed by atoms with Crippen LogP contribution in [0.4, 0.5) is 13.2 Å². The number of halogens is 3. The third-order valence-electron chi connectivity index (χ3n) is 4.87. The summed E-state index contributed by atoms with van der Waals surface area (Å²) in [5.41, 5.74) is 0.604. The summed E-state index contributed by atoms with van der Waals surface area (Å²) in [7, 11) is 0. The molecule has 4 heterocycles. The second-order valence-corrected chi connectivity index (χ2v) is 7.68. The predicted octanol–water partition coefficient (Wildman–Crippen LogP) is 3.70. The van der Waals surface area contributed by atoms with Gasteiger partial charge in [0, 0.05) is 23.6 Å². The highest BCUT2D eigenvalue weighted by Crippen LogP contribution is 2.38. The first-order valence-corrected chi connectivity index (χ1v) is 9.37. The highest BCUT2D eigenvalue weighted by Gasteiger charge is 2.37.